The highest BCUT2D eigenvalue weighted by Gasteiger charge is 2.16. The molecule has 0 fully saturated rings. The number of hydrogen-bond donors (Lipinski definition) is 2. The molecule has 0 saturated heterocycles. The van der Waals surface area contributed by atoms with Crippen LogP contribution < -0.4 is 20.7 Å². The molecule has 20 heavy (non-hydrogen) atoms. The molecule has 1 aromatic carbocycles. The first-order valence-electron chi connectivity index (χ1n) is 6.47. The normalized spacial score (nSPS) is 11.9. The Morgan fingerprint density at radius 1 is 1.25 bits per heavy atom. The van der Waals surface area contributed by atoms with Gasteiger partial charge in [-0.25, -0.2) is 5.43 Å². The van der Waals surface area contributed by atoms with Crippen LogP contribution in [0.5, 0.6) is 11.5 Å². The van der Waals surface area contributed by atoms with Crippen molar-refractivity contribution in [1.29, 1.82) is 0 Å². The third-order valence-electron chi connectivity index (χ3n) is 3.04. The summed E-state index contributed by atoms with van der Waals surface area (Å²) in [7, 11) is 1.62. The molecule has 0 spiro atoms. The number of nitrogens with two attached hydrogens (primary N) is 1. The first-order chi connectivity index (χ1) is 9.80. The van der Waals surface area contributed by atoms with Gasteiger partial charge in [-0.2, -0.15) is 0 Å². The highest BCUT2D eigenvalue weighted by molar-refractivity contribution is 5.41. The molecular formula is C15H19N3O2. The number of benzene rings is 1. The van der Waals surface area contributed by atoms with Crippen LogP contribution in [0.4, 0.5) is 0 Å². The Bertz CT molecular complexity index is 543. The van der Waals surface area contributed by atoms with E-state index in [1.54, 1.807) is 19.5 Å². The molecule has 0 aliphatic heterocycles. The van der Waals surface area contributed by atoms with Crippen molar-refractivity contribution in [3.8, 4) is 11.5 Å². The summed E-state index contributed by atoms with van der Waals surface area (Å²) in [6.45, 7) is 2.61. The summed E-state index contributed by atoms with van der Waals surface area (Å²) in [4.78, 5) is 4.05. The molecule has 2 aromatic rings. The van der Waals surface area contributed by atoms with Gasteiger partial charge < -0.3 is 9.47 Å². The van der Waals surface area contributed by atoms with Crippen molar-refractivity contribution < 1.29 is 9.47 Å². The van der Waals surface area contributed by atoms with Crippen LogP contribution in [-0.2, 0) is 0 Å². The van der Waals surface area contributed by atoms with Gasteiger partial charge in [-0.05, 0) is 30.7 Å². The Morgan fingerprint density at radius 3 is 2.60 bits per heavy atom. The maximum atomic E-state index is 5.70. The van der Waals surface area contributed by atoms with Gasteiger partial charge in [0.1, 0.15) is 11.5 Å². The predicted molar refractivity (Wildman–Crippen MR) is 77.6 cm³/mol. The summed E-state index contributed by atoms with van der Waals surface area (Å²) in [5.74, 6) is 7.24. The molecule has 5 nitrogen and oxygen atoms in total. The van der Waals surface area contributed by atoms with Gasteiger partial charge in [0.15, 0.2) is 0 Å². The summed E-state index contributed by atoms with van der Waals surface area (Å²) < 4.78 is 10.8. The molecule has 3 N–H and O–H groups in total. The fraction of sp³-hybridized carbons (Fsp3) is 0.267. The lowest BCUT2D eigenvalue weighted by molar-refractivity contribution is 0.340. The number of ether oxygens (including phenoxy) is 2. The minimum atomic E-state index is -0.163. The van der Waals surface area contributed by atoms with Crippen molar-refractivity contribution in [2.75, 3.05) is 13.7 Å². The number of hydrazine groups is 1. The van der Waals surface area contributed by atoms with Gasteiger partial charge in [0.05, 0.1) is 26.0 Å². The van der Waals surface area contributed by atoms with Crippen LogP contribution in [0.25, 0.3) is 0 Å². The van der Waals surface area contributed by atoms with E-state index in [2.05, 4.69) is 10.4 Å². The van der Waals surface area contributed by atoms with Crippen LogP contribution in [0.3, 0.4) is 0 Å². The molecule has 1 aromatic heterocycles. The molecule has 5 heteroatoms. The SMILES string of the molecule is CCOc1ccc(C(NN)c2ccncc2OC)cc1. The quantitative estimate of drug-likeness (QED) is 0.622. The molecule has 0 aliphatic carbocycles. The van der Waals surface area contributed by atoms with Gasteiger partial charge >= 0.3 is 0 Å². The number of pyridine rings is 1. The second-order valence-electron chi connectivity index (χ2n) is 4.22. The van der Waals surface area contributed by atoms with E-state index in [0.717, 1.165) is 16.9 Å². The molecule has 0 amide bonds. The minimum Gasteiger partial charge on any atom is -0.495 e. The third-order valence-corrected chi connectivity index (χ3v) is 3.04. The molecule has 0 saturated carbocycles. The Morgan fingerprint density at radius 2 is 2.00 bits per heavy atom. The molecule has 0 bridgehead atoms. The van der Waals surface area contributed by atoms with Crippen molar-refractivity contribution >= 4 is 0 Å². The number of hydrogen-bond acceptors (Lipinski definition) is 5. The van der Waals surface area contributed by atoms with Gasteiger partial charge in [0.2, 0.25) is 0 Å². The summed E-state index contributed by atoms with van der Waals surface area (Å²) in [6.07, 6.45) is 3.39. The summed E-state index contributed by atoms with van der Waals surface area (Å²) in [5.41, 5.74) is 4.78. The van der Waals surface area contributed by atoms with Crippen LogP contribution in [0.15, 0.2) is 42.7 Å². The van der Waals surface area contributed by atoms with Crippen LogP contribution in [-0.4, -0.2) is 18.7 Å². The number of nitrogens with zero attached hydrogens (tertiary/aromatic N) is 1. The van der Waals surface area contributed by atoms with Gasteiger partial charge in [0.25, 0.3) is 0 Å². The fourth-order valence-electron chi connectivity index (χ4n) is 2.09. The second-order valence-corrected chi connectivity index (χ2v) is 4.22. The van der Waals surface area contributed by atoms with E-state index < -0.39 is 0 Å². The molecule has 1 heterocycles. The molecule has 106 valence electrons. The molecule has 0 aliphatic rings. The lowest BCUT2D eigenvalue weighted by Crippen LogP contribution is -2.29. The largest absolute Gasteiger partial charge is 0.495 e. The van der Waals surface area contributed by atoms with Gasteiger partial charge in [0, 0.05) is 11.8 Å². The maximum absolute atomic E-state index is 5.70. The highest BCUT2D eigenvalue weighted by Crippen LogP contribution is 2.29. The number of nitrogens with one attached hydrogen (secondary N) is 1. The van der Waals surface area contributed by atoms with Crippen molar-refractivity contribution in [3.05, 3.63) is 53.9 Å². The van der Waals surface area contributed by atoms with E-state index >= 15 is 0 Å². The average molecular weight is 273 g/mol. The molecule has 0 radical (unpaired) electrons. The second kappa shape index (κ2) is 6.88. The Hall–Kier alpha value is -2.11. The summed E-state index contributed by atoms with van der Waals surface area (Å²) in [5, 5.41) is 0. The Labute approximate surface area is 118 Å². The van der Waals surface area contributed by atoms with E-state index in [0.29, 0.717) is 12.4 Å². The first kappa shape index (κ1) is 14.3. The Balaban J connectivity index is 2.31. The van der Waals surface area contributed by atoms with Crippen molar-refractivity contribution in [2.24, 2.45) is 5.84 Å². The van der Waals surface area contributed by atoms with E-state index in [1.807, 2.05) is 37.3 Å². The van der Waals surface area contributed by atoms with Crippen molar-refractivity contribution in [1.82, 2.24) is 10.4 Å². The fourth-order valence-corrected chi connectivity index (χ4v) is 2.09. The topological polar surface area (TPSA) is 69.4 Å². The summed E-state index contributed by atoms with van der Waals surface area (Å²) >= 11 is 0. The van der Waals surface area contributed by atoms with E-state index in [9.17, 15) is 0 Å². The summed E-state index contributed by atoms with van der Waals surface area (Å²) in [6, 6.07) is 9.54. The van der Waals surface area contributed by atoms with Crippen molar-refractivity contribution in [3.63, 3.8) is 0 Å². The molecule has 1 atom stereocenters. The average Bonchev–Trinajstić information content (AvgIpc) is 2.50. The monoisotopic (exact) mass is 273 g/mol. The van der Waals surface area contributed by atoms with Crippen LogP contribution in [0.1, 0.15) is 24.1 Å². The van der Waals surface area contributed by atoms with E-state index in [4.69, 9.17) is 15.3 Å². The lowest BCUT2D eigenvalue weighted by atomic mass is 9.99. The zero-order valence-electron chi connectivity index (χ0n) is 11.7. The number of rotatable bonds is 6. The molecule has 2 rings (SSSR count). The lowest BCUT2D eigenvalue weighted by Gasteiger charge is -2.19. The molecule has 1 unspecified atom stereocenters. The van der Waals surface area contributed by atoms with Gasteiger partial charge in [-0.1, -0.05) is 12.1 Å². The van der Waals surface area contributed by atoms with Crippen LogP contribution in [0, 0.1) is 0 Å². The third kappa shape index (κ3) is 3.07. The maximum Gasteiger partial charge on any atom is 0.142 e. The standard InChI is InChI=1S/C15H19N3O2/c1-3-20-12-6-4-11(5-7-12)15(18-16)13-8-9-17-10-14(13)19-2/h4-10,15,18H,3,16H2,1-2H3. The zero-order chi connectivity index (χ0) is 14.4. The van der Waals surface area contributed by atoms with Crippen LogP contribution >= 0.6 is 0 Å². The molecular weight excluding hydrogens is 254 g/mol. The van der Waals surface area contributed by atoms with Gasteiger partial charge in [-0.15, -0.1) is 0 Å². The predicted octanol–water partition coefficient (Wildman–Crippen LogP) is 2.04. The van der Waals surface area contributed by atoms with E-state index in [1.165, 1.54) is 0 Å². The van der Waals surface area contributed by atoms with Crippen molar-refractivity contribution in [2.45, 2.75) is 13.0 Å². The smallest absolute Gasteiger partial charge is 0.142 e. The minimum absolute atomic E-state index is 0.163. The Kier molecular flexibility index (Phi) is 4.92. The zero-order valence-corrected chi connectivity index (χ0v) is 11.7. The highest BCUT2D eigenvalue weighted by atomic mass is 16.5. The van der Waals surface area contributed by atoms with Gasteiger partial charge in [-0.3, -0.25) is 10.8 Å². The number of methoxy groups -OCH3 is 1. The first-order valence-corrected chi connectivity index (χ1v) is 6.47. The number of aromatic nitrogens is 1. The van der Waals surface area contributed by atoms with E-state index in [-0.39, 0.29) is 6.04 Å². The van der Waals surface area contributed by atoms with Crippen LogP contribution in [0.2, 0.25) is 0 Å².